The van der Waals surface area contributed by atoms with Gasteiger partial charge in [-0.25, -0.2) is 0 Å². The molecule has 10 heteroatoms. The molecule has 0 radical (unpaired) electrons. The number of amides is 3. The third-order valence-electron chi connectivity index (χ3n) is 9.05. The summed E-state index contributed by atoms with van der Waals surface area (Å²) in [6, 6.07) is -0.610. The van der Waals surface area contributed by atoms with Gasteiger partial charge in [0.1, 0.15) is 6.04 Å². The van der Waals surface area contributed by atoms with Crippen molar-refractivity contribution in [2.24, 2.45) is 17.8 Å². The molecule has 4 fully saturated rings. The van der Waals surface area contributed by atoms with E-state index < -0.39 is 22.6 Å². The average Bonchev–Trinajstić information content (AvgIpc) is 3.52. The highest BCUT2D eigenvalue weighted by atomic mass is 32.2. The molecular weight excluding hydrogens is 516 g/mol. The second kappa shape index (κ2) is 13.2. The van der Waals surface area contributed by atoms with Crippen molar-refractivity contribution in [2.75, 3.05) is 72.7 Å². The lowest BCUT2D eigenvalue weighted by Gasteiger charge is -2.41. The molecule has 39 heavy (non-hydrogen) atoms. The molecule has 0 aromatic carbocycles. The van der Waals surface area contributed by atoms with Crippen LogP contribution in [0.5, 0.6) is 0 Å². The molecule has 3 amide bonds. The van der Waals surface area contributed by atoms with Gasteiger partial charge in [-0.05, 0) is 31.6 Å². The number of likely N-dealkylation sites (N-methyl/N-ethyl adjacent to an activating group) is 1. The van der Waals surface area contributed by atoms with E-state index in [1.54, 1.807) is 40.8 Å². The van der Waals surface area contributed by atoms with Gasteiger partial charge in [-0.15, -0.1) is 24.9 Å². The molecule has 2 bridgehead atoms. The fourth-order valence-electron chi connectivity index (χ4n) is 7.14. The number of morpholine rings is 1. The van der Waals surface area contributed by atoms with Crippen LogP contribution in [0.3, 0.4) is 0 Å². The number of hydrogen-bond donors (Lipinski definition) is 1. The minimum absolute atomic E-state index is 0.0249. The fraction of sp³-hybridized carbons (Fsp3) is 0.759. The lowest BCUT2D eigenvalue weighted by molar-refractivity contribution is -0.144. The van der Waals surface area contributed by atoms with Crippen molar-refractivity contribution in [3.8, 4) is 0 Å². The summed E-state index contributed by atoms with van der Waals surface area (Å²) in [4.78, 5) is 50.0. The summed E-state index contributed by atoms with van der Waals surface area (Å²) in [5.74, 6) is -0.917. The Morgan fingerprint density at radius 2 is 1.85 bits per heavy atom. The van der Waals surface area contributed by atoms with Gasteiger partial charge in [0.05, 0.1) is 29.8 Å². The van der Waals surface area contributed by atoms with E-state index >= 15 is 0 Å². The Hall–Kier alpha value is -1.88. The Labute approximate surface area is 237 Å². The number of unbranched alkanes of at least 4 members (excludes halogenated alkanes) is 2. The van der Waals surface area contributed by atoms with Gasteiger partial charge in [0.2, 0.25) is 17.7 Å². The van der Waals surface area contributed by atoms with Gasteiger partial charge in [-0.1, -0.05) is 19.1 Å². The molecule has 4 saturated heterocycles. The van der Waals surface area contributed by atoms with Crippen LogP contribution in [0.2, 0.25) is 0 Å². The molecule has 1 N–H and O–H groups in total. The fourth-order valence-corrected chi connectivity index (χ4v) is 9.55. The minimum Gasteiger partial charge on any atom is -0.396 e. The average molecular weight is 563 g/mol. The number of rotatable bonds is 14. The molecule has 3 unspecified atom stereocenters. The Bertz CT molecular complexity index is 927. The van der Waals surface area contributed by atoms with Crippen molar-refractivity contribution in [1.29, 1.82) is 0 Å². The third kappa shape index (κ3) is 5.67. The van der Waals surface area contributed by atoms with Gasteiger partial charge in [-0.2, -0.15) is 0 Å². The van der Waals surface area contributed by atoms with Crippen LogP contribution in [0.15, 0.2) is 25.3 Å². The van der Waals surface area contributed by atoms with E-state index in [4.69, 9.17) is 4.74 Å². The molecule has 4 rings (SSSR count). The van der Waals surface area contributed by atoms with Gasteiger partial charge in [0, 0.05) is 64.7 Å². The summed E-state index contributed by atoms with van der Waals surface area (Å²) in [5, 5.41) is 9.31. The van der Waals surface area contributed by atoms with Crippen LogP contribution in [-0.4, -0.2) is 131 Å². The zero-order chi connectivity index (χ0) is 28.2. The maximum atomic E-state index is 14.5. The first-order valence-electron chi connectivity index (χ1n) is 14.5. The molecule has 0 saturated carbocycles. The Balaban J connectivity index is 1.65. The number of likely N-dealkylation sites (tertiary alicyclic amines) is 1. The van der Waals surface area contributed by atoms with E-state index in [2.05, 4.69) is 25.0 Å². The van der Waals surface area contributed by atoms with E-state index in [-0.39, 0.29) is 35.5 Å². The standard InChI is InChI=1S/C29H46N4O5S/c1-5-10-30(4)26(35)23-22-20-21(3)29(39-22)24(23)27(36)33(12-8-7-9-17-34)25(29)28(37)32(11-6-2)14-13-31-15-18-38-19-16-31/h5-6,21-25,34H,1-2,7-20H2,3-4H3/t21?,22-,23+,24-,25?,29?/m0/s1. The zero-order valence-electron chi connectivity index (χ0n) is 23.6. The number of carbonyl (C=O) groups excluding carboxylic acids is 3. The van der Waals surface area contributed by atoms with Crippen LogP contribution >= 0.6 is 11.8 Å². The van der Waals surface area contributed by atoms with Crippen molar-refractivity contribution in [1.82, 2.24) is 19.6 Å². The van der Waals surface area contributed by atoms with E-state index in [1.807, 2.05) is 4.90 Å². The number of ether oxygens (including phenoxy) is 1. The SMILES string of the molecule is C=CCN(C)C(=O)[C@@H]1[C@@H]2CC(C)C3(S2)C(C(=O)N(CC=C)CCN2CCOCC2)N(CCCCCO)C(=O)[C@H]13. The number of aliphatic hydroxyl groups is 1. The summed E-state index contributed by atoms with van der Waals surface area (Å²) in [6.07, 6.45) is 6.44. The predicted octanol–water partition coefficient (Wildman–Crippen LogP) is 1.48. The van der Waals surface area contributed by atoms with Crippen LogP contribution < -0.4 is 0 Å². The first-order valence-corrected chi connectivity index (χ1v) is 15.3. The number of fused-ring (bicyclic) bond motifs is 1. The third-order valence-corrected chi connectivity index (χ3v) is 11.1. The Kier molecular flexibility index (Phi) is 10.2. The smallest absolute Gasteiger partial charge is 0.247 e. The second-order valence-electron chi connectivity index (χ2n) is 11.4. The zero-order valence-corrected chi connectivity index (χ0v) is 24.4. The maximum Gasteiger partial charge on any atom is 0.247 e. The molecule has 0 aromatic rings. The summed E-state index contributed by atoms with van der Waals surface area (Å²) in [5.41, 5.74) is 0. The highest BCUT2D eigenvalue weighted by Crippen LogP contribution is 2.68. The first kappa shape index (κ1) is 30.1. The number of thioether (sulfide) groups is 1. The van der Waals surface area contributed by atoms with E-state index in [1.165, 1.54) is 0 Å². The molecule has 6 atom stereocenters. The lowest BCUT2D eigenvalue weighted by Crippen LogP contribution is -2.58. The predicted molar refractivity (Wildman–Crippen MR) is 153 cm³/mol. The van der Waals surface area contributed by atoms with Crippen molar-refractivity contribution >= 4 is 29.5 Å². The van der Waals surface area contributed by atoms with Gasteiger partial charge in [0.25, 0.3) is 0 Å². The van der Waals surface area contributed by atoms with Gasteiger partial charge in [-0.3, -0.25) is 19.3 Å². The molecule has 4 heterocycles. The lowest BCUT2D eigenvalue weighted by atomic mass is 9.65. The number of nitrogens with zero attached hydrogens (tertiary/aromatic N) is 4. The van der Waals surface area contributed by atoms with E-state index in [9.17, 15) is 19.5 Å². The maximum absolute atomic E-state index is 14.5. The van der Waals surface area contributed by atoms with Crippen molar-refractivity contribution in [3.05, 3.63) is 25.3 Å². The van der Waals surface area contributed by atoms with Crippen LogP contribution in [0.25, 0.3) is 0 Å². The Morgan fingerprint density at radius 3 is 2.51 bits per heavy atom. The highest BCUT2D eigenvalue weighted by Gasteiger charge is 2.76. The first-order chi connectivity index (χ1) is 18.8. The molecule has 4 aliphatic rings. The molecule has 1 spiro atoms. The summed E-state index contributed by atoms with van der Waals surface area (Å²) in [6.45, 7) is 15.6. The molecular formula is C29H46N4O5S. The van der Waals surface area contributed by atoms with E-state index in [0.717, 1.165) is 32.5 Å². The largest absolute Gasteiger partial charge is 0.396 e. The number of aliphatic hydroxyl groups excluding tert-OH is 1. The summed E-state index contributed by atoms with van der Waals surface area (Å²) in [7, 11) is 1.77. The van der Waals surface area contributed by atoms with E-state index in [0.29, 0.717) is 52.2 Å². The topological polar surface area (TPSA) is 93.6 Å². The van der Waals surface area contributed by atoms with Gasteiger partial charge in [0.15, 0.2) is 0 Å². The Morgan fingerprint density at radius 1 is 1.13 bits per heavy atom. The van der Waals surface area contributed by atoms with Crippen LogP contribution in [0, 0.1) is 17.8 Å². The van der Waals surface area contributed by atoms with Crippen molar-refractivity contribution in [3.63, 3.8) is 0 Å². The van der Waals surface area contributed by atoms with Gasteiger partial charge < -0.3 is 24.5 Å². The van der Waals surface area contributed by atoms with Gasteiger partial charge >= 0.3 is 0 Å². The highest BCUT2D eigenvalue weighted by molar-refractivity contribution is 8.02. The number of hydrogen-bond acceptors (Lipinski definition) is 7. The summed E-state index contributed by atoms with van der Waals surface area (Å²) < 4.78 is 4.86. The molecule has 0 aliphatic carbocycles. The monoisotopic (exact) mass is 562 g/mol. The second-order valence-corrected chi connectivity index (χ2v) is 13.0. The van der Waals surface area contributed by atoms with Crippen LogP contribution in [-0.2, 0) is 19.1 Å². The molecule has 0 aromatic heterocycles. The van der Waals surface area contributed by atoms with Crippen LogP contribution in [0.4, 0.5) is 0 Å². The molecule has 9 nitrogen and oxygen atoms in total. The van der Waals surface area contributed by atoms with Crippen molar-refractivity contribution < 1.29 is 24.2 Å². The molecule has 218 valence electrons. The molecule has 4 aliphatic heterocycles. The minimum atomic E-state index is -0.621. The van der Waals surface area contributed by atoms with Crippen molar-refractivity contribution in [2.45, 2.75) is 48.6 Å². The quantitative estimate of drug-likeness (QED) is 0.253. The van der Waals surface area contributed by atoms with Crippen LogP contribution in [0.1, 0.15) is 32.6 Å². The normalized spacial score (nSPS) is 31.8. The number of carbonyl (C=O) groups is 3. The summed E-state index contributed by atoms with van der Waals surface area (Å²) >= 11 is 1.72.